The molecule has 0 radical (unpaired) electrons. The minimum atomic E-state index is -0.604. The second-order valence-corrected chi connectivity index (χ2v) is 5.92. The lowest BCUT2D eigenvalue weighted by Gasteiger charge is -2.13. The number of carbonyl (C=O) groups is 2. The highest BCUT2D eigenvalue weighted by atomic mass is 16.5. The van der Waals surface area contributed by atoms with E-state index in [2.05, 4.69) is 4.98 Å². The third-order valence-corrected chi connectivity index (χ3v) is 4.02. The number of rotatable bonds is 7. The summed E-state index contributed by atoms with van der Waals surface area (Å²) in [7, 11) is 0. The molecule has 0 spiro atoms. The van der Waals surface area contributed by atoms with Crippen LogP contribution >= 0.6 is 0 Å². The molecule has 0 aliphatic rings. The Labute approximate surface area is 163 Å². The van der Waals surface area contributed by atoms with Gasteiger partial charge in [-0.2, -0.15) is 0 Å². The van der Waals surface area contributed by atoms with Crippen molar-refractivity contribution >= 4 is 22.8 Å². The molecule has 0 saturated carbocycles. The number of para-hydroxylation sites is 1. The number of esters is 2. The molecule has 3 aromatic rings. The number of hydrogen-bond donors (Lipinski definition) is 0. The van der Waals surface area contributed by atoms with Gasteiger partial charge in [0.1, 0.15) is 23.6 Å². The summed E-state index contributed by atoms with van der Waals surface area (Å²) in [5.74, 6) is -0.661. The number of aromatic nitrogens is 1. The van der Waals surface area contributed by atoms with Crippen molar-refractivity contribution in [2.75, 3.05) is 13.2 Å². The maximum Gasteiger partial charge on any atom is 0.356 e. The van der Waals surface area contributed by atoms with Gasteiger partial charge in [0, 0.05) is 5.39 Å². The number of nitrogens with zero attached hydrogens (tertiary/aromatic N) is 1. The molecule has 0 aliphatic carbocycles. The Hall–Kier alpha value is -3.41. The minimum absolute atomic E-state index is 0.0353. The molecule has 0 bridgehead atoms. The highest BCUT2D eigenvalue weighted by Gasteiger charge is 2.20. The van der Waals surface area contributed by atoms with Crippen molar-refractivity contribution in [3.63, 3.8) is 0 Å². The van der Waals surface area contributed by atoms with Crippen LogP contribution in [0, 0.1) is 0 Å². The van der Waals surface area contributed by atoms with Crippen LogP contribution in [-0.4, -0.2) is 30.1 Å². The standard InChI is InChI=1S/C22H21NO5/c1-3-26-21(24)17-13-18(22(25)27-4-2)23-20-16(17)11-8-12-19(20)28-14-15-9-6-5-7-10-15/h5-13H,3-4,14H2,1-2H3. The molecule has 28 heavy (non-hydrogen) atoms. The van der Waals surface area contributed by atoms with Crippen LogP contribution in [0.4, 0.5) is 0 Å². The summed E-state index contributed by atoms with van der Waals surface area (Å²) in [5, 5.41) is 0.553. The van der Waals surface area contributed by atoms with E-state index in [4.69, 9.17) is 14.2 Å². The summed E-state index contributed by atoms with van der Waals surface area (Å²) in [6.45, 7) is 4.20. The summed E-state index contributed by atoms with van der Waals surface area (Å²) in [6, 6.07) is 16.4. The van der Waals surface area contributed by atoms with Gasteiger partial charge < -0.3 is 14.2 Å². The van der Waals surface area contributed by atoms with E-state index in [0.29, 0.717) is 23.3 Å². The predicted octanol–water partition coefficient (Wildman–Crippen LogP) is 4.17. The van der Waals surface area contributed by atoms with Gasteiger partial charge in [0.15, 0.2) is 0 Å². The Kier molecular flexibility index (Phi) is 6.22. The van der Waals surface area contributed by atoms with Gasteiger partial charge >= 0.3 is 11.9 Å². The third-order valence-electron chi connectivity index (χ3n) is 4.02. The lowest BCUT2D eigenvalue weighted by atomic mass is 10.1. The third kappa shape index (κ3) is 4.28. The first-order valence-electron chi connectivity index (χ1n) is 9.08. The van der Waals surface area contributed by atoms with E-state index in [1.807, 2.05) is 30.3 Å². The lowest BCUT2D eigenvalue weighted by molar-refractivity contribution is 0.0519. The first-order chi connectivity index (χ1) is 13.6. The molecular formula is C22H21NO5. The number of benzene rings is 2. The normalized spacial score (nSPS) is 10.5. The number of pyridine rings is 1. The van der Waals surface area contributed by atoms with Crippen molar-refractivity contribution in [3.05, 3.63) is 71.4 Å². The summed E-state index contributed by atoms with van der Waals surface area (Å²) in [6.07, 6.45) is 0. The van der Waals surface area contributed by atoms with Gasteiger partial charge in [-0.25, -0.2) is 14.6 Å². The Morgan fingerprint density at radius 3 is 2.32 bits per heavy atom. The largest absolute Gasteiger partial charge is 0.487 e. The minimum Gasteiger partial charge on any atom is -0.487 e. The monoisotopic (exact) mass is 379 g/mol. The molecule has 0 unspecified atom stereocenters. The molecule has 0 fully saturated rings. The zero-order valence-corrected chi connectivity index (χ0v) is 15.8. The van der Waals surface area contributed by atoms with Crippen LogP contribution in [-0.2, 0) is 16.1 Å². The van der Waals surface area contributed by atoms with E-state index in [0.717, 1.165) is 5.56 Å². The van der Waals surface area contributed by atoms with E-state index in [1.165, 1.54) is 6.07 Å². The first-order valence-corrected chi connectivity index (χ1v) is 9.08. The fourth-order valence-electron chi connectivity index (χ4n) is 2.76. The molecule has 144 valence electrons. The van der Waals surface area contributed by atoms with Crippen LogP contribution < -0.4 is 4.74 Å². The Morgan fingerprint density at radius 1 is 0.893 bits per heavy atom. The molecule has 6 nitrogen and oxygen atoms in total. The Balaban J connectivity index is 2.06. The van der Waals surface area contributed by atoms with Crippen LogP contribution in [0.2, 0.25) is 0 Å². The predicted molar refractivity (Wildman–Crippen MR) is 104 cm³/mol. The van der Waals surface area contributed by atoms with Gasteiger partial charge in [-0.3, -0.25) is 0 Å². The topological polar surface area (TPSA) is 74.7 Å². The molecule has 6 heteroatoms. The average molecular weight is 379 g/mol. The van der Waals surface area contributed by atoms with Crippen LogP contribution in [0.15, 0.2) is 54.6 Å². The van der Waals surface area contributed by atoms with E-state index < -0.39 is 11.9 Å². The van der Waals surface area contributed by atoms with Gasteiger partial charge in [0.05, 0.1) is 18.8 Å². The molecule has 1 aromatic heterocycles. The molecule has 0 N–H and O–H groups in total. The summed E-state index contributed by atoms with van der Waals surface area (Å²) in [5.41, 5.74) is 1.69. The molecule has 0 amide bonds. The average Bonchev–Trinajstić information content (AvgIpc) is 2.72. The van der Waals surface area contributed by atoms with Crippen LogP contribution in [0.25, 0.3) is 10.9 Å². The van der Waals surface area contributed by atoms with E-state index in [1.54, 1.807) is 32.0 Å². The maximum atomic E-state index is 12.4. The fraction of sp³-hybridized carbons (Fsp3) is 0.227. The van der Waals surface area contributed by atoms with E-state index in [-0.39, 0.29) is 24.5 Å². The van der Waals surface area contributed by atoms with Crippen molar-refractivity contribution in [1.82, 2.24) is 4.98 Å². The SMILES string of the molecule is CCOC(=O)c1cc(C(=O)OCC)c2cccc(OCc3ccccc3)c2n1. The zero-order chi connectivity index (χ0) is 19.9. The smallest absolute Gasteiger partial charge is 0.356 e. The van der Waals surface area contributed by atoms with Crippen LogP contribution in [0.3, 0.4) is 0 Å². The summed E-state index contributed by atoms with van der Waals surface area (Å²) < 4.78 is 16.1. The van der Waals surface area contributed by atoms with E-state index >= 15 is 0 Å². The molecule has 2 aromatic carbocycles. The quantitative estimate of drug-likeness (QED) is 0.574. The second-order valence-electron chi connectivity index (χ2n) is 5.92. The lowest BCUT2D eigenvalue weighted by Crippen LogP contribution is -2.12. The molecule has 0 atom stereocenters. The van der Waals surface area contributed by atoms with Crippen LogP contribution in [0.5, 0.6) is 5.75 Å². The second kappa shape index (κ2) is 8.99. The maximum absolute atomic E-state index is 12.4. The summed E-state index contributed by atoms with van der Waals surface area (Å²) in [4.78, 5) is 29.1. The van der Waals surface area contributed by atoms with Crippen LogP contribution in [0.1, 0.15) is 40.3 Å². The zero-order valence-electron chi connectivity index (χ0n) is 15.8. The molecule has 1 heterocycles. The van der Waals surface area contributed by atoms with Gasteiger partial charge in [0.25, 0.3) is 0 Å². The van der Waals surface area contributed by atoms with Crippen molar-refractivity contribution in [2.45, 2.75) is 20.5 Å². The number of ether oxygens (including phenoxy) is 3. The number of hydrogen-bond acceptors (Lipinski definition) is 6. The molecule has 3 rings (SSSR count). The fourth-order valence-corrected chi connectivity index (χ4v) is 2.76. The number of carbonyl (C=O) groups excluding carboxylic acids is 2. The van der Waals surface area contributed by atoms with Crippen molar-refractivity contribution in [3.8, 4) is 5.75 Å². The Bertz CT molecular complexity index is 985. The molecule has 0 saturated heterocycles. The molecule has 0 aliphatic heterocycles. The van der Waals surface area contributed by atoms with Gasteiger partial charge in [-0.05, 0) is 31.5 Å². The highest BCUT2D eigenvalue weighted by molar-refractivity contribution is 6.07. The van der Waals surface area contributed by atoms with Crippen molar-refractivity contribution in [2.24, 2.45) is 0 Å². The van der Waals surface area contributed by atoms with Gasteiger partial charge in [0.2, 0.25) is 0 Å². The highest BCUT2D eigenvalue weighted by Crippen LogP contribution is 2.28. The summed E-state index contributed by atoms with van der Waals surface area (Å²) >= 11 is 0. The van der Waals surface area contributed by atoms with Crippen molar-refractivity contribution < 1.29 is 23.8 Å². The van der Waals surface area contributed by atoms with Crippen molar-refractivity contribution in [1.29, 1.82) is 0 Å². The van der Waals surface area contributed by atoms with Gasteiger partial charge in [-0.15, -0.1) is 0 Å². The Morgan fingerprint density at radius 2 is 1.61 bits per heavy atom. The first kappa shape index (κ1) is 19.4. The van der Waals surface area contributed by atoms with E-state index in [9.17, 15) is 9.59 Å². The molecular weight excluding hydrogens is 358 g/mol. The number of fused-ring (bicyclic) bond motifs is 1. The van der Waals surface area contributed by atoms with Gasteiger partial charge in [-0.1, -0.05) is 42.5 Å².